The Morgan fingerprint density at radius 3 is 2.24 bits per heavy atom. The molecule has 0 unspecified atom stereocenters. The van der Waals surface area contributed by atoms with Gasteiger partial charge in [-0.3, -0.25) is 9.52 Å². The number of nitrogens with zero attached hydrogens (tertiary/aromatic N) is 1. The smallest absolute Gasteiger partial charge is 0.258 e. The molecule has 0 saturated heterocycles. The van der Waals surface area contributed by atoms with E-state index in [4.69, 9.17) is 0 Å². The van der Waals surface area contributed by atoms with Crippen LogP contribution in [-0.2, 0) is 10.0 Å². The van der Waals surface area contributed by atoms with Crippen molar-refractivity contribution in [2.24, 2.45) is 0 Å². The Balaban J connectivity index is 1.94. The molecule has 0 saturated carbocycles. The summed E-state index contributed by atoms with van der Waals surface area (Å²) in [5.74, 6) is -0.0658. The number of anilines is 2. The number of benzene rings is 3. The third-order valence-corrected chi connectivity index (χ3v) is 5.42. The summed E-state index contributed by atoms with van der Waals surface area (Å²) in [7, 11) is -1.59. The van der Waals surface area contributed by atoms with Gasteiger partial charge in [0.25, 0.3) is 5.91 Å². The molecule has 0 radical (unpaired) electrons. The first kappa shape index (κ1) is 19.0. The molecule has 1 N–H and O–H groups in total. The summed E-state index contributed by atoms with van der Waals surface area (Å²) in [6, 6.07) is 22.5. The van der Waals surface area contributed by atoms with Crippen molar-refractivity contribution in [2.45, 2.75) is 0 Å². The van der Waals surface area contributed by atoms with Gasteiger partial charge in [-0.1, -0.05) is 48.5 Å². The second kappa shape index (κ2) is 7.22. The van der Waals surface area contributed by atoms with E-state index in [-0.39, 0.29) is 5.91 Å². The van der Waals surface area contributed by atoms with Crippen LogP contribution in [0, 0.1) is 0 Å². The molecule has 0 aromatic heterocycles. The Labute approximate surface area is 170 Å². The number of hydrogen-bond acceptors (Lipinski definition) is 3. The van der Waals surface area contributed by atoms with E-state index in [1.54, 1.807) is 30.1 Å². The lowest BCUT2D eigenvalue weighted by Crippen LogP contribution is -2.25. The average Bonchev–Trinajstić information content (AvgIpc) is 2.77. The number of para-hydroxylation sites is 1. The van der Waals surface area contributed by atoms with Gasteiger partial charge < -0.3 is 4.90 Å². The van der Waals surface area contributed by atoms with Crippen LogP contribution in [0.2, 0.25) is 0 Å². The fraction of sp³-hybridized carbons (Fsp3) is 0.0870. The van der Waals surface area contributed by atoms with Gasteiger partial charge in [0.05, 0.1) is 11.9 Å². The molecule has 0 spiro atoms. The van der Waals surface area contributed by atoms with Crippen molar-refractivity contribution in [1.82, 2.24) is 0 Å². The van der Waals surface area contributed by atoms with Crippen LogP contribution < -0.4 is 9.62 Å². The van der Waals surface area contributed by atoms with E-state index in [9.17, 15) is 13.2 Å². The molecule has 29 heavy (non-hydrogen) atoms. The van der Waals surface area contributed by atoms with Gasteiger partial charge in [-0.05, 0) is 47.0 Å². The van der Waals surface area contributed by atoms with E-state index < -0.39 is 10.0 Å². The van der Waals surface area contributed by atoms with E-state index in [1.807, 2.05) is 60.7 Å². The molecule has 146 valence electrons. The van der Waals surface area contributed by atoms with Gasteiger partial charge in [-0.25, -0.2) is 8.42 Å². The Bertz CT molecular complexity index is 1250. The minimum atomic E-state index is -3.37. The topological polar surface area (TPSA) is 66.5 Å². The molecule has 1 heterocycles. The van der Waals surface area contributed by atoms with Crippen molar-refractivity contribution >= 4 is 39.0 Å². The highest BCUT2D eigenvalue weighted by molar-refractivity contribution is 7.92. The summed E-state index contributed by atoms with van der Waals surface area (Å²) in [5.41, 5.74) is 5.46. The van der Waals surface area contributed by atoms with E-state index in [2.05, 4.69) is 4.72 Å². The minimum absolute atomic E-state index is 0.0658. The Kier molecular flexibility index (Phi) is 4.72. The molecule has 0 fully saturated rings. The van der Waals surface area contributed by atoms with Crippen molar-refractivity contribution in [3.05, 3.63) is 95.1 Å². The maximum atomic E-state index is 13.0. The van der Waals surface area contributed by atoms with E-state index in [1.165, 1.54) is 0 Å². The molecule has 1 aliphatic rings. The molecule has 5 nitrogen and oxygen atoms in total. The average molecular weight is 404 g/mol. The number of hydrogen-bond donors (Lipinski definition) is 1. The monoisotopic (exact) mass is 404 g/mol. The van der Waals surface area contributed by atoms with E-state index in [0.717, 1.165) is 34.2 Å². The quantitative estimate of drug-likeness (QED) is 0.710. The summed E-state index contributed by atoms with van der Waals surface area (Å²) in [5, 5.41) is 0. The highest BCUT2D eigenvalue weighted by Gasteiger charge is 2.26. The van der Waals surface area contributed by atoms with Crippen LogP contribution in [-0.4, -0.2) is 27.6 Å². The van der Waals surface area contributed by atoms with Gasteiger partial charge >= 0.3 is 0 Å². The van der Waals surface area contributed by atoms with Crippen LogP contribution in [0.15, 0.2) is 72.8 Å². The van der Waals surface area contributed by atoms with Gasteiger partial charge in [-0.15, -0.1) is 0 Å². The summed E-state index contributed by atoms with van der Waals surface area (Å²) in [4.78, 5) is 14.7. The first-order valence-corrected chi connectivity index (χ1v) is 11.0. The van der Waals surface area contributed by atoms with Gasteiger partial charge in [0.2, 0.25) is 10.0 Å². The van der Waals surface area contributed by atoms with Crippen molar-refractivity contribution in [1.29, 1.82) is 0 Å². The number of carbonyl (C=O) groups is 1. The van der Waals surface area contributed by atoms with Crippen molar-refractivity contribution < 1.29 is 13.2 Å². The normalized spacial score (nSPS) is 14.9. The van der Waals surface area contributed by atoms with Crippen LogP contribution in [0.4, 0.5) is 11.4 Å². The third kappa shape index (κ3) is 3.79. The number of nitrogens with one attached hydrogen (secondary N) is 1. The second-order valence-electron chi connectivity index (χ2n) is 6.98. The SMILES string of the molecule is CN1C(=O)c2ccccc2C(=Cc2cccc(NS(C)(=O)=O)c2)c2ccccc21. The molecule has 1 aliphatic heterocycles. The van der Waals surface area contributed by atoms with Crippen molar-refractivity contribution in [3.63, 3.8) is 0 Å². The predicted molar refractivity (Wildman–Crippen MR) is 117 cm³/mol. The molecule has 3 aromatic carbocycles. The van der Waals surface area contributed by atoms with Crippen LogP contribution in [0.3, 0.4) is 0 Å². The van der Waals surface area contributed by atoms with Crippen molar-refractivity contribution in [3.8, 4) is 0 Å². The lowest BCUT2D eigenvalue weighted by atomic mass is 9.92. The summed E-state index contributed by atoms with van der Waals surface area (Å²) in [6.45, 7) is 0. The maximum Gasteiger partial charge on any atom is 0.258 e. The fourth-order valence-electron chi connectivity index (χ4n) is 3.56. The molecule has 3 aromatic rings. The van der Waals surface area contributed by atoms with Crippen LogP contribution in [0.1, 0.15) is 27.0 Å². The van der Waals surface area contributed by atoms with Crippen molar-refractivity contribution in [2.75, 3.05) is 22.9 Å². The number of amides is 1. The molecule has 1 amide bonds. The van der Waals surface area contributed by atoms with E-state index in [0.29, 0.717) is 11.3 Å². The van der Waals surface area contributed by atoms with E-state index >= 15 is 0 Å². The zero-order valence-electron chi connectivity index (χ0n) is 16.1. The third-order valence-electron chi connectivity index (χ3n) is 4.81. The Morgan fingerprint density at radius 1 is 0.862 bits per heavy atom. The molecular weight excluding hydrogens is 384 g/mol. The molecule has 6 heteroatoms. The Morgan fingerprint density at radius 2 is 1.52 bits per heavy atom. The molecular formula is C23H20N2O3S. The standard InChI is InChI=1S/C23H20N2O3S/c1-25-22-13-6-5-11-19(22)21(18-10-3-4-12-20(18)23(25)26)15-16-8-7-9-17(14-16)24-29(2,27)28/h3-15,24H,1-2H3. The second-order valence-corrected chi connectivity index (χ2v) is 8.73. The largest absolute Gasteiger partial charge is 0.311 e. The first-order valence-electron chi connectivity index (χ1n) is 9.10. The van der Waals surface area contributed by atoms with Crippen LogP contribution in [0.5, 0.6) is 0 Å². The molecule has 4 rings (SSSR count). The molecule has 0 atom stereocenters. The van der Waals surface area contributed by atoms with Crippen LogP contribution in [0.25, 0.3) is 11.6 Å². The summed E-state index contributed by atoms with van der Waals surface area (Å²) >= 11 is 0. The predicted octanol–water partition coefficient (Wildman–Crippen LogP) is 4.24. The lowest BCUT2D eigenvalue weighted by Gasteiger charge is -2.17. The first-order chi connectivity index (χ1) is 13.8. The lowest BCUT2D eigenvalue weighted by molar-refractivity contribution is 0.0993. The van der Waals surface area contributed by atoms with Gasteiger partial charge in [-0.2, -0.15) is 0 Å². The minimum Gasteiger partial charge on any atom is -0.311 e. The number of fused-ring (bicyclic) bond motifs is 2. The summed E-state index contributed by atoms with van der Waals surface area (Å²) < 4.78 is 25.7. The zero-order valence-corrected chi connectivity index (χ0v) is 16.9. The fourth-order valence-corrected chi connectivity index (χ4v) is 4.12. The number of rotatable bonds is 3. The van der Waals surface area contributed by atoms with Gasteiger partial charge in [0, 0.05) is 23.9 Å². The summed E-state index contributed by atoms with van der Waals surface area (Å²) in [6.07, 6.45) is 3.11. The highest BCUT2D eigenvalue weighted by Crippen LogP contribution is 2.38. The zero-order chi connectivity index (χ0) is 20.6. The Hall–Kier alpha value is -3.38. The maximum absolute atomic E-state index is 13.0. The number of sulfonamides is 1. The highest BCUT2D eigenvalue weighted by atomic mass is 32.2. The van der Waals surface area contributed by atoms with Gasteiger partial charge in [0.15, 0.2) is 0 Å². The number of carbonyl (C=O) groups excluding carboxylic acids is 1. The molecule has 0 aliphatic carbocycles. The van der Waals surface area contributed by atoms with Crippen LogP contribution >= 0.6 is 0 Å². The molecule has 0 bridgehead atoms. The van der Waals surface area contributed by atoms with Gasteiger partial charge in [0.1, 0.15) is 0 Å².